The molecule has 0 aliphatic heterocycles. The Morgan fingerprint density at radius 3 is 2.73 bits per heavy atom. The summed E-state index contributed by atoms with van der Waals surface area (Å²) in [5.41, 5.74) is 11.5. The maximum Gasteiger partial charge on any atom is 0.266 e. The van der Waals surface area contributed by atoms with Crippen LogP contribution in [0, 0.1) is 0 Å². The van der Waals surface area contributed by atoms with E-state index in [2.05, 4.69) is 10.1 Å². The van der Waals surface area contributed by atoms with Crippen LogP contribution in [0.2, 0.25) is 0 Å². The van der Waals surface area contributed by atoms with E-state index in [-0.39, 0.29) is 12.6 Å². The Balaban J connectivity index is 2.02. The van der Waals surface area contributed by atoms with E-state index in [9.17, 15) is 0 Å². The molecule has 0 aliphatic rings. The zero-order valence-electron chi connectivity index (χ0n) is 7.88. The number of nitrogens with zero attached hydrogens (tertiary/aromatic N) is 2. The van der Waals surface area contributed by atoms with E-state index in [1.165, 1.54) is 0 Å². The van der Waals surface area contributed by atoms with Crippen LogP contribution in [0.4, 0.5) is 11.6 Å². The van der Waals surface area contributed by atoms with Gasteiger partial charge in [-0.15, -0.1) is 0 Å². The molecule has 0 saturated carbocycles. The summed E-state index contributed by atoms with van der Waals surface area (Å²) in [6.07, 6.45) is 0. The van der Waals surface area contributed by atoms with Gasteiger partial charge in [0.15, 0.2) is 6.61 Å². The number of rotatable bonds is 3. The zero-order valence-corrected chi connectivity index (χ0v) is 7.88. The van der Waals surface area contributed by atoms with E-state index < -0.39 is 0 Å². The SMILES string of the molecule is Nc1noc(COc2ccccc2N)n1. The summed E-state index contributed by atoms with van der Waals surface area (Å²) in [6, 6.07) is 7.16. The monoisotopic (exact) mass is 206 g/mol. The van der Waals surface area contributed by atoms with Crippen molar-refractivity contribution in [2.45, 2.75) is 6.61 Å². The van der Waals surface area contributed by atoms with Gasteiger partial charge >= 0.3 is 0 Å². The van der Waals surface area contributed by atoms with Crippen LogP contribution in [0.15, 0.2) is 28.8 Å². The number of ether oxygens (including phenoxy) is 1. The first kappa shape index (κ1) is 9.32. The predicted octanol–water partition coefficient (Wildman–Crippen LogP) is 0.813. The molecular weight excluding hydrogens is 196 g/mol. The molecule has 0 radical (unpaired) electrons. The highest BCUT2D eigenvalue weighted by Crippen LogP contribution is 2.20. The van der Waals surface area contributed by atoms with Gasteiger partial charge in [0.2, 0.25) is 0 Å². The minimum atomic E-state index is 0.0923. The zero-order chi connectivity index (χ0) is 10.7. The molecule has 6 heteroatoms. The highest BCUT2D eigenvalue weighted by molar-refractivity contribution is 5.51. The summed E-state index contributed by atoms with van der Waals surface area (Å²) < 4.78 is 10.1. The van der Waals surface area contributed by atoms with Crippen LogP contribution in [0.25, 0.3) is 0 Å². The normalized spacial score (nSPS) is 10.1. The Labute approximate surface area is 85.8 Å². The molecule has 0 unspecified atom stereocenters. The van der Waals surface area contributed by atoms with Crippen LogP contribution in [0.1, 0.15) is 5.89 Å². The summed E-state index contributed by atoms with van der Waals surface area (Å²) in [5, 5.41) is 3.43. The van der Waals surface area contributed by atoms with Crippen LogP contribution >= 0.6 is 0 Å². The topological polar surface area (TPSA) is 100 Å². The van der Waals surface area contributed by atoms with E-state index in [0.29, 0.717) is 17.3 Å². The molecule has 0 amide bonds. The third kappa shape index (κ3) is 2.16. The van der Waals surface area contributed by atoms with Crippen molar-refractivity contribution in [2.24, 2.45) is 0 Å². The molecule has 2 rings (SSSR count). The minimum Gasteiger partial charge on any atom is -0.482 e. The van der Waals surface area contributed by atoms with E-state index in [1.54, 1.807) is 12.1 Å². The molecule has 1 heterocycles. The molecule has 0 spiro atoms. The van der Waals surface area contributed by atoms with Crippen molar-refractivity contribution in [1.82, 2.24) is 10.1 Å². The maximum absolute atomic E-state index is 5.67. The highest BCUT2D eigenvalue weighted by Gasteiger charge is 2.05. The Hall–Kier alpha value is -2.24. The van der Waals surface area contributed by atoms with Crippen LogP contribution in [-0.4, -0.2) is 10.1 Å². The van der Waals surface area contributed by atoms with Crippen molar-refractivity contribution in [1.29, 1.82) is 0 Å². The third-order valence-corrected chi connectivity index (χ3v) is 1.75. The van der Waals surface area contributed by atoms with Gasteiger partial charge in [-0.25, -0.2) is 0 Å². The molecule has 78 valence electrons. The van der Waals surface area contributed by atoms with Gasteiger partial charge in [0, 0.05) is 0 Å². The van der Waals surface area contributed by atoms with Crippen molar-refractivity contribution in [2.75, 3.05) is 11.5 Å². The second kappa shape index (κ2) is 3.87. The van der Waals surface area contributed by atoms with Gasteiger partial charge in [-0.2, -0.15) is 4.98 Å². The lowest BCUT2D eigenvalue weighted by Crippen LogP contribution is -1.99. The van der Waals surface area contributed by atoms with E-state index in [0.717, 1.165) is 0 Å². The second-order valence-corrected chi connectivity index (χ2v) is 2.87. The molecule has 0 bridgehead atoms. The van der Waals surface area contributed by atoms with E-state index in [1.807, 2.05) is 12.1 Å². The van der Waals surface area contributed by atoms with Crippen LogP contribution in [0.3, 0.4) is 0 Å². The molecule has 2 aromatic rings. The molecule has 0 saturated heterocycles. The smallest absolute Gasteiger partial charge is 0.266 e. The van der Waals surface area contributed by atoms with Crippen molar-refractivity contribution in [3.8, 4) is 5.75 Å². The largest absolute Gasteiger partial charge is 0.482 e. The van der Waals surface area contributed by atoms with Crippen molar-refractivity contribution in [3.05, 3.63) is 30.2 Å². The molecule has 15 heavy (non-hydrogen) atoms. The molecule has 0 aliphatic carbocycles. The van der Waals surface area contributed by atoms with Crippen molar-refractivity contribution < 1.29 is 9.26 Å². The number of nitrogen functional groups attached to an aromatic ring is 2. The Morgan fingerprint density at radius 1 is 1.27 bits per heavy atom. The summed E-state index contributed by atoms with van der Waals surface area (Å²) >= 11 is 0. The molecule has 1 aromatic heterocycles. The number of benzene rings is 1. The van der Waals surface area contributed by atoms with Crippen LogP contribution in [0.5, 0.6) is 5.75 Å². The fourth-order valence-electron chi connectivity index (χ4n) is 1.08. The molecular formula is C9H10N4O2. The number of nitrogens with two attached hydrogens (primary N) is 2. The Kier molecular flexibility index (Phi) is 2.40. The molecule has 0 atom stereocenters. The first-order valence-corrected chi connectivity index (χ1v) is 4.31. The lowest BCUT2D eigenvalue weighted by Gasteiger charge is -2.05. The fraction of sp³-hybridized carbons (Fsp3) is 0.111. The second-order valence-electron chi connectivity index (χ2n) is 2.87. The summed E-state index contributed by atoms with van der Waals surface area (Å²) in [6.45, 7) is 0.151. The first-order chi connectivity index (χ1) is 7.25. The summed E-state index contributed by atoms with van der Waals surface area (Å²) in [4.78, 5) is 3.79. The first-order valence-electron chi connectivity index (χ1n) is 4.31. The summed E-state index contributed by atoms with van der Waals surface area (Å²) in [5.74, 6) is 0.986. The van der Waals surface area contributed by atoms with Crippen LogP contribution in [-0.2, 0) is 6.61 Å². The van der Waals surface area contributed by atoms with Gasteiger partial charge < -0.3 is 20.7 Å². The number of anilines is 2. The lowest BCUT2D eigenvalue weighted by molar-refractivity contribution is 0.244. The van der Waals surface area contributed by atoms with Gasteiger partial charge in [0.1, 0.15) is 5.75 Å². The van der Waals surface area contributed by atoms with Crippen molar-refractivity contribution in [3.63, 3.8) is 0 Å². The van der Waals surface area contributed by atoms with Gasteiger partial charge in [-0.3, -0.25) is 0 Å². The molecule has 4 N–H and O–H groups in total. The predicted molar refractivity (Wildman–Crippen MR) is 53.9 cm³/mol. The van der Waals surface area contributed by atoms with E-state index in [4.69, 9.17) is 20.7 Å². The average Bonchev–Trinajstić information content (AvgIpc) is 2.63. The third-order valence-electron chi connectivity index (χ3n) is 1.75. The van der Waals surface area contributed by atoms with E-state index >= 15 is 0 Å². The Morgan fingerprint density at radius 2 is 2.07 bits per heavy atom. The molecule has 6 nitrogen and oxygen atoms in total. The highest BCUT2D eigenvalue weighted by atomic mass is 16.5. The number of hydrogen-bond acceptors (Lipinski definition) is 6. The van der Waals surface area contributed by atoms with Gasteiger partial charge in [0.25, 0.3) is 11.8 Å². The van der Waals surface area contributed by atoms with Gasteiger partial charge in [-0.05, 0) is 17.3 Å². The van der Waals surface area contributed by atoms with Gasteiger partial charge in [-0.1, -0.05) is 12.1 Å². The quantitative estimate of drug-likeness (QED) is 0.721. The number of aromatic nitrogens is 2. The van der Waals surface area contributed by atoms with Crippen molar-refractivity contribution >= 4 is 11.6 Å². The number of para-hydroxylation sites is 2. The number of hydrogen-bond donors (Lipinski definition) is 2. The molecule has 1 aromatic carbocycles. The maximum atomic E-state index is 5.67. The average molecular weight is 206 g/mol. The Bertz CT molecular complexity index is 455. The van der Waals surface area contributed by atoms with Gasteiger partial charge in [0.05, 0.1) is 5.69 Å². The standard InChI is InChI=1S/C9H10N4O2/c10-6-3-1-2-4-7(6)14-5-8-12-9(11)13-15-8/h1-4H,5,10H2,(H2,11,13). The lowest BCUT2D eigenvalue weighted by atomic mass is 10.3. The van der Waals surface area contributed by atoms with Crippen LogP contribution < -0.4 is 16.2 Å². The fourth-order valence-corrected chi connectivity index (χ4v) is 1.08. The minimum absolute atomic E-state index is 0.0923. The summed E-state index contributed by atoms with van der Waals surface area (Å²) in [7, 11) is 0. The molecule has 0 fully saturated rings.